The molecule has 0 spiro atoms. The number of unbranched alkanes of at least 4 members (excludes halogenated alkanes) is 1. The van der Waals surface area contributed by atoms with E-state index in [4.69, 9.17) is 9.47 Å². The molecule has 0 bridgehead atoms. The summed E-state index contributed by atoms with van der Waals surface area (Å²) >= 11 is 0. The van der Waals surface area contributed by atoms with E-state index >= 15 is 0 Å². The van der Waals surface area contributed by atoms with Crippen LogP contribution >= 0.6 is 0 Å². The maximum absolute atomic E-state index is 12.0. The average Bonchev–Trinajstić information content (AvgIpc) is 2.89. The van der Waals surface area contributed by atoms with Crippen LogP contribution in [-0.4, -0.2) is 25.2 Å². The van der Waals surface area contributed by atoms with E-state index in [1.54, 1.807) is 6.92 Å². The summed E-state index contributed by atoms with van der Waals surface area (Å²) in [6.07, 6.45) is 7.01. The fourth-order valence-corrected chi connectivity index (χ4v) is 2.53. The van der Waals surface area contributed by atoms with Gasteiger partial charge in [0.15, 0.2) is 5.92 Å². The number of hydrogen-bond acceptors (Lipinski definition) is 4. The van der Waals surface area contributed by atoms with Gasteiger partial charge in [-0.25, -0.2) is 0 Å². The molecule has 1 aliphatic rings. The molecule has 4 heteroatoms. The molecule has 4 nitrogen and oxygen atoms in total. The van der Waals surface area contributed by atoms with Crippen molar-refractivity contribution in [3.05, 3.63) is 0 Å². The third-order valence-electron chi connectivity index (χ3n) is 3.64. The lowest BCUT2D eigenvalue weighted by atomic mass is 9.93. The minimum atomic E-state index is -0.722. The number of carbonyl (C=O) groups excluding carboxylic acids is 2. The van der Waals surface area contributed by atoms with Crippen molar-refractivity contribution in [2.75, 3.05) is 13.2 Å². The Labute approximate surface area is 115 Å². The van der Waals surface area contributed by atoms with Gasteiger partial charge < -0.3 is 9.47 Å². The summed E-state index contributed by atoms with van der Waals surface area (Å²) in [7, 11) is 0. The molecule has 1 fully saturated rings. The molecule has 0 aromatic rings. The number of esters is 2. The zero-order valence-corrected chi connectivity index (χ0v) is 12.2. The predicted octanol–water partition coefficient (Wildman–Crippen LogP) is 3.09. The molecule has 0 aromatic heterocycles. The topological polar surface area (TPSA) is 52.6 Å². The van der Waals surface area contributed by atoms with Crippen LogP contribution in [0.2, 0.25) is 0 Å². The van der Waals surface area contributed by atoms with Crippen molar-refractivity contribution in [2.24, 2.45) is 11.8 Å². The number of carbonyl (C=O) groups is 2. The first-order chi connectivity index (χ1) is 9.19. The third-order valence-corrected chi connectivity index (χ3v) is 3.64. The number of rotatable bonds is 8. The van der Waals surface area contributed by atoms with Crippen LogP contribution < -0.4 is 0 Å². The Morgan fingerprint density at radius 3 is 2.32 bits per heavy atom. The van der Waals surface area contributed by atoms with Crippen LogP contribution in [0.5, 0.6) is 0 Å². The van der Waals surface area contributed by atoms with Crippen LogP contribution in [0, 0.1) is 11.8 Å². The molecule has 0 N–H and O–H groups in total. The van der Waals surface area contributed by atoms with E-state index in [0.717, 1.165) is 25.7 Å². The quantitative estimate of drug-likeness (QED) is 0.386. The second-order valence-electron chi connectivity index (χ2n) is 5.21. The van der Waals surface area contributed by atoms with Gasteiger partial charge in [-0.3, -0.25) is 9.59 Å². The molecule has 1 rings (SSSR count). The summed E-state index contributed by atoms with van der Waals surface area (Å²) in [5, 5.41) is 0. The van der Waals surface area contributed by atoms with Gasteiger partial charge in [-0.15, -0.1) is 0 Å². The minimum Gasteiger partial charge on any atom is -0.465 e. The summed E-state index contributed by atoms with van der Waals surface area (Å²) < 4.78 is 10.2. The monoisotopic (exact) mass is 270 g/mol. The molecule has 1 aliphatic carbocycles. The van der Waals surface area contributed by atoms with Gasteiger partial charge in [0.1, 0.15) is 0 Å². The molecule has 0 aromatic carbocycles. The molecule has 0 saturated heterocycles. The molecule has 0 aliphatic heterocycles. The van der Waals surface area contributed by atoms with Crippen LogP contribution in [0.1, 0.15) is 58.8 Å². The Morgan fingerprint density at radius 1 is 1.11 bits per heavy atom. The highest BCUT2D eigenvalue weighted by Crippen LogP contribution is 2.31. The van der Waals surface area contributed by atoms with Crippen molar-refractivity contribution in [1.82, 2.24) is 0 Å². The van der Waals surface area contributed by atoms with E-state index in [1.165, 1.54) is 12.8 Å². The van der Waals surface area contributed by atoms with Crippen LogP contribution in [0.4, 0.5) is 0 Å². The highest BCUT2D eigenvalue weighted by molar-refractivity contribution is 5.94. The Balaban J connectivity index is 2.51. The maximum atomic E-state index is 12.0. The standard InChI is InChI=1S/C15H26O4/c1-3-5-10-19-15(17)13(14(16)18-4-2)11-12-8-6-7-9-12/h12-13H,3-11H2,1-2H3. The number of ether oxygens (including phenoxy) is 2. The van der Waals surface area contributed by atoms with Crippen LogP contribution in [0.25, 0.3) is 0 Å². The SMILES string of the molecule is CCCCOC(=O)C(CC1CCCC1)C(=O)OCC. The molecule has 0 amide bonds. The summed E-state index contributed by atoms with van der Waals surface area (Å²) in [4.78, 5) is 23.9. The summed E-state index contributed by atoms with van der Waals surface area (Å²) in [5.41, 5.74) is 0. The summed E-state index contributed by atoms with van der Waals surface area (Å²) in [6, 6.07) is 0. The van der Waals surface area contributed by atoms with Crippen molar-refractivity contribution in [1.29, 1.82) is 0 Å². The molecule has 0 radical (unpaired) electrons. The highest BCUT2D eigenvalue weighted by atomic mass is 16.6. The van der Waals surface area contributed by atoms with Crippen LogP contribution in [0.15, 0.2) is 0 Å². The fourth-order valence-electron chi connectivity index (χ4n) is 2.53. The maximum Gasteiger partial charge on any atom is 0.320 e. The summed E-state index contributed by atoms with van der Waals surface area (Å²) in [5.74, 6) is -1.08. The predicted molar refractivity (Wildman–Crippen MR) is 72.6 cm³/mol. The molecule has 1 saturated carbocycles. The molecular formula is C15H26O4. The lowest BCUT2D eigenvalue weighted by Gasteiger charge is -2.18. The van der Waals surface area contributed by atoms with E-state index in [2.05, 4.69) is 0 Å². The molecular weight excluding hydrogens is 244 g/mol. The number of hydrogen-bond donors (Lipinski definition) is 0. The van der Waals surface area contributed by atoms with Gasteiger partial charge in [-0.05, 0) is 25.7 Å². The second-order valence-corrected chi connectivity index (χ2v) is 5.21. The largest absolute Gasteiger partial charge is 0.465 e. The first-order valence-electron chi connectivity index (χ1n) is 7.52. The fraction of sp³-hybridized carbons (Fsp3) is 0.867. The smallest absolute Gasteiger partial charge is 0.320 e. The van der Waals surface area contributed by atoms with Crippen molar-refractivity contribution in [3.63, 3.8) is 0 Å². The van der Waals surface area contributed by atoms with E-state index < -0.39 is 17.9 Å². The Kier molecular flexibility index (Phi) is 7.53. The van der Waals surface area contributed by atoms with Gasteiger partial charge in [0.2, 0.25) is 0 Å². The zero-order chi connectivity index (χ0) is 14.1. The van der Waals surface area contributed by atoms with Gasteiger partial charge in [-0.2, -0.15) is 0 Å². The van der Waals surface area contributed by atoms with E-state index in [-0.39, 0.29) is 0 Å². The molecule has 110 valence electrons. The van der Waals surface area contributed by atoms with Crippen LogP contribution in [0.3, 0.4) is 0 Å². The third kappa shape index (κ3) is 5.62. The molecule has 1 atom stereocenters. The van der Waals surface area contributed by atoms with E-state index in [1.807, 2.05) is 6.92 Å². The lowest BCUT2D eigenvalue weighted by Crippen LogP contribution is -2.30. The van der Waals surface area contributed by atoms with Crippen molar-refractivity contribution < 1.29 is 19.1 Å². The first kappa shape index (κ1) is 16.0. The van der Waals surface area contributed by atoms with E-state index in [9.17, 15) is 9.59 Å². The zero-order valence-electron chi connectivity index (χ0n) is 12.2. The highest BCUT2D eigenvalue weighted by Gasteiger charge is 2.33. The van der Waals surface area contributed by atoms with Gasteiger partial charge in [0, 0.05) is 0 Å². The molecule has 19 heavy (non-hydrogen) atoms. The Morgan fingerprint density at radius 2 is 1.74 bits per heavy atom. The Bertz CT molecular complexity index is 282. The minimum absolute atomic E-state index is 0.308. The van der Waals surface area contributed by atoms with Crippen molar-refractivity contribution >= 4 is 11.9 Å². The first-order valence-corrected chi connectivity index (χ1v) is 7.52. The van der Waals surface area contributed by atoms with Gasteiger partial charge in [0.25, 0.3) is 0 Å². The van der Waals surface area contributed by atoms with Crippen LogP contribution in [-0.2, 0) is 19.1 Å². The van der Waals surface area contributed by atoms with Gasteiger partial charge >= 0.3 is 11.9 Å². The van der Waals surface area contributed by atoms with Gasteiger partial charge in [-0.1, -0.05) is 39.0 Å². The van der Waals surface area contributed by atoms with Gasteiger partial charge in [0.05, 0.1) is 13.2 Å². The normalized spacial score (nSPS) is 17.2. The average molecular weight is 270 g/mol. The molecule has 0 heterocycles. The van der Waals surface area contributed by atoms with E-state index in [0.29, 0.717) is 25.6 Å². The molecule has 1 unspecified atom stereocenters. The second kappa shape index (κ2) is 8.94. The Hall–Kier alpha value is -1.06. The van der Waals surface area contributed by atoms with Crippen molar-refractivity contribution in [2.45, 2.75) is 58.8 Å². The van der Waals surface area contributed by atoms with Crippen molar-refractivity contribution in [3.8, 4) is 0 Å². The lowest BCUT2D eigenvalue weighted by molar-refractivity contribution is -0.162. The summed E-state index contributed by atoms with van der Waals surface area (Å²) in [6.45, 7) is 4.50.